The van der Waals surface area contributed by atoms with E-state index in [0.29, 0.717) is 19.6 Å². The lowest BCUT2D eigenvalue weighted by Gasteiger charge is -2.15. The summed E-state index contributed by atoms with van der Waals surface area (Å²) in [6.07, 6.45) is 33.6. The van der Waals surface area contributed by atoms with Crippen molar-refractivity contribution in [1.82, 2.24) is 0 Å². The second-order valence-electron chi connectivity index (χ2n) is 10.2. The van der Waals surface area contributed by atoms with Gasteiger partial charge in [-0.3, -0.25) is 4.79 Å². The van der Waals surface area contributed by atoms with Crippen LogP contribution < -0.4 is 0 Å². The van der Waals surface area contributed by atoms with Gasteiger partial charge in [-0.1, -0.05) is 122 Å². The zero-order chi connectivity index (χ0) is 26.4. The zero-order valence-electron chi connectivity index (χ0n) is 24.0. The molecule has 0 saturated heterocycles. The second kappa shape index (κ2) is 30.1. The minimum Gasteiger partial charge on any atom is -0.457 e. The third-order valence-electron chi connectivity index (χ3n) is 6.53. The SMILES string of the molecule is CCCCC/C=C\C/C=C\CCCCCCCCCCOCC(CO)OC(=O)CCCCCCCC. The van der Waals surface area contributed by atoms with Crippen LogP contribution in [-0.2, 0) is 14.3 Å². The molecule has 212 valence electrons. The van der Waals surface area contributed by atoms with Gasteiger partial charge in [0.25, 0.3) is 0 Å². The Labute approximate surface area is 224 Å². The number of rotatable bonds is 28. The lowest BCUT2D eigenvalue weighted by molar-refractivity contribution is -0.154. The van der Waals surface area contributed by atoms with Crippen molar-refractivity contribution in [3.63, 3.8) is 0 Å². The van der Waals surface area contributed by atoms with E-state index in [9.17, 15) is 9.90 Å². The molecule has 0 amide bonds. The van der Waals surface area contributed by atoms with Crippen molar-refractivity contribution in [3.8, 4) is 0 Å². The van der Waals surface area contributed by atoms with E-state index in [4.69, 9.17) is 9.47 Å². The topological polar surface area (TPSA) is 55.8 Å². The van der Waals surface area contributed by atoms with Crippen molar-refractivity contribution in [3.05, 3.63) is 24.3 Å². The summed E-state index contributed by atoms with van der Waals surface area (Å²) in [5, 5.41) is 9.44. The fourth-order valence-electron chi connectivity index (χ4n) is 4.18. The Kier molecular flexibility index (Phi) is 29.2. The van der Waals surface area contributed by atoms with E-state index >= 15 is 0 Å². The van der Waals surface area contributed by atoms with Crippen molar-refractivity contribution < 1.29 is 19.4 Å². The molecule has 0 aromatic rings. The lowest BCUT2D eigenvalue weighted by Crippen LogP contribution is -2.27. The highest BCUT2D eigenvalue weighted by molar-refractivity contribution is 5.69. The van der Waals surface area contributed by atoms with Gasteiger partial charge in [-0.2, -0.15) is 0 Å². The van der Waals surface area contributed by atoms with Crippen molar-refractivity contribution in [2.24, 2.45) is 0 Å². The van der Waals surface area contributed by atoms with Gasteiger partial charge in [0.05, 0.1) is 13.2 Å². The van der Waals surface area contributed by atoms with E-state index in [0.717, 1.165) is 25.7 Å². The van der Waals surface area contributed by atoms with E-state index < -0.39 is 6.10 Å². The van der Waals surface area contributed by atoms with E-state index in [-0.39, 0.29) is 12.6 Å². The van der Waals surface area contributed by atoms with Crippen LogP contribution in [0, 0.1) is 0 Å². The molecule has 0 aliphatic rings. The monoisotopic (exact) mass is 508 g/mol. The molecule has 0 bridgehead atoms. The first-order valence-corrected chi connectivity index (χ1v) is 15.4. The number of esters is 1. The molecule has 0 fully saturated rings. The van der Waals surface area contributed by atoms with Gasteiger partial charge < -0.3 is 14.6 Å². The molecule has 0 spiro atoms. The lowest BCUT2D eigenvalue weighted by atomic mass is 10.1. The van der Waals surface area contributed by atoms with Gasteiger partial charge in [-0.25, -0.2) is 0 Å². The highest BCUT2D eigenvalue weighted by atomic mass is 16.6. The number of aliphatic hydroxyl groups excluding tert-OH is 1. The number of allylic oxidation sites excluding steroid dienone is 4. The largest absolute Gasteiger partial charge is 0.457 e. The first kappa shape index (κ1) is 34.9. The molecule has 1 N–H and O–H groups in total. The van der Waals surface area contributed by atoms with Crippen LogP contribution in [0.5, 0.6) is 0 Å². The average molecular weight is 509 g/mol. The fourth-order valence-corrected chi connectivity index (χ4v) is 4.18. The molecule has 4 heteroatoms. The summed E-state index contributed by atoms with van der Waals surface area (Å²) >= 11 is 0. The first-order chi connectivity index (χ1) is 17.7. The normalized spacial score (nSPS) is 12.6. The van der Waals surface area contributed by atoms with Gasteiger partial charge in [-0.15, -0.1) is 0 Å². The Morgan fingerprint density at radius 1 is 0.667 bits per heavy atom. The van der Waals surface area contributed by atoms with Crippen LogP contribution in [0.4, 0.5) is 0 Å². The molecule has 1 atom stereocenters. The van der Waals surface area contributed by atoms with E-state index in [1.165, 1.54) is 103 Å². The number of carbonyl (C=O) groups excluding carboxylic acids is 1. The third kappa shape index (κ3) is 27.5. The molecule has 0 heterocycles. The average Bonchev–Trinajstić information content (AvgIpc) is 2.88. The maximum Gasteiger partial charge on any atom is 0.306 e. The van der Waals surface area contributed by atoms with Gasteiger partial charge in [-0.05, 0) is 44.9 Å². The Balaban J connectivity index is 3.41. The summed E-state index contributed by atoms with van der Waals surface area (Å²) in [4.78, 5) is 11.9. The summed E-state index contributed by atoms with van der Waals surface area (Å²) in [5.74, 6) is -0.213. The molecule has 1 unspecified atom stereocenters. The highest BCUT2D eigenvalue weighted by Crippen LogP contribution is 2.11. The van der Waals surface area contributed by atoms with Crippen LogP contribution in [0.1, 0.15) is 149 Å². The van der Waals surface area contributed by atoms with E-state index in [1.807, 2.05) is 0 Å². The fraction of sp³-hybridized carbons (Fsp3) is 0.844. The van der Waals surface area contributed by atoms with Crippen molar-refractivity contribution in [1.29, 1.82) is 0 Å². The minimum atomic E-state index is -0.528. The molecular formula is C32H60O4. The first-order valence-electron chi connectivity index (χ1n) is 15.4. The van der Waals surface area contributed by atoms with Gasteiger partial charge in [0.1, 0.15) is 6.10 Å². The number of aliphatic hydroxyl groups is 1. The summed E-state index contributed by atoms with van der Waals surface area (Å²) in [6, 6.07) is 0. The number of unbranched alkanes of at least 4 members (excludes halogenated alkanes) is 16. The third-order valence-corrected chi connectivity index (χ3v) is 6.53. The standard InChI is InChI=1S/C32H60O4/c1-3-5-7-9-11-12-13-14-15-16-17-18-19-20-21-22-24-26-28-35-30-31(29-33)36-32(34)27-25-23-10-8-6-4-2/h11-12,14-15,31,33H,3-10,13,16-30H2,1-2H3/b12-11-,15-14-. The van der Waals surface area contributed by atoms with Crippen LogP contribution in [-0.4, -0.2) is 37.0 Å². The summed E-state index contributed by atoms with van der Waals surface area (Å²) in [5.41, 5.74) is 0. The van der Waals surface area contributed by atoms with E-state index in [2.05, 4.69) is 38.2 Å². The molecule has 0 aromatic carbocycles. The maximum atomic E-state index is 11.9. The molecule has 0 aliphatic heterocycles. The summed E-state index contributed by atoms with van der Waals surface area (Å²) in [7, 11) is 0. The molecule has 0 rings (SSSR count). The molecule has 0 saturated carbocycles. The molecule has 36 heavy (non-hydrogen) atoms. The van der Waals surface area contributed by atoms with Crippen molar-refractivity contribution >= 4 is 5.97 Å². The number of hydrogen-bond acceptors (Lipinski definition) is 4. The molecule has 0 radical (unpaired) electrons. The Morgan fingerprint density at radius 2 is 1.17 bits per heavy atom. The second-order valence-corrected chi connectivity index (χ2v) is 10.2. The quantitative estimate of drug-likeness (QED) is 0.0650. The highest BCUT2D eigenvalue weighted by Gasteiger charge is 2.13. The number of hydrogen-bond donors (Lipinski definition) is 1. The van der Waals surface area contributed by atoms with Crippen LogP contribution in [0.25, 0.3) is 0 Å². The van der Waals surface area contributed by atoms with Gasteiger partial charge in [0.2, 0.25) is 0 Å². The zero-order valence-corrected chi connectivity index (χ0v) is 24.0. The Bertz CT molecular complexity index is 500. The Morgan fingerprint density at radius 3 is 1.78 bits per heavy atom. The van der Waals surface area contributed by atoms with Crippen LogP contribution in [0.2, 0.25) is 0 Å². The molecular weight excluding hydrogens is 448 g/mol. The predicted molar refractivity (Wildman–Crippen MR) is 154 cm³/mol. The van der Waals surface area contributed by atoms with Crippen LogP contribution in [0.15, 0.2) is 24.3 Å². The van der Waals surface area contributed by atoms with Gasteiger partial charge in [0.15, 0.2) is 0 Å². The van der Waals surface area contributed by atoms with Gasteiger partial charge >= 0.3 is 5.97 Å². The predicted octanol–water partition coefficient (Wildman–Crippen LogP) is 9.25. The van der Waals surface area contributed by atoms with Crippen molar-refractivity contribution in [2.45, 2.75) is 155 Å². The smallest absolute Gasteiger partial charge is 0.306 e. The van der Waals surface area contributed by atoms with E-state index in [1.54, 1.807) is 0 Å². The number of carbonyl (C=O) groups is 1. The molecule has 0 aromatic heterocycles. The summed E-state index contributed by atoms with van der Waals surface area (Å²) in [6.45, 7) is 5.25. The minimum absolute atomic E-state index is 0.172. The van der Waals surface area contributed by atoms with Crippen molar-refractivity contribution in [2.75, 3.05) is 19.8 Å². The maximum absolute atomic E-state index is 11.9. The van der Waals surface area contributed by atoms with Crippen LogP contribution >= 0.6 is 0 Å². The Hall–Kier alpha value is -1.13. The number of ether oxygens (including phenoxy) is 2. The molecule has 0 aliphatic carbocycles. The summed E-state index contributed by atoms with van der Waals surface area (Å²) < 4.78 is 11.0. The van der Waals surface area contributed by atoms with Crippen LogP contribution in [0.3, 0.4) is 0 Å². The molecule has 4 nitrogen and oxygen atoms in total. The van der Waals surface area contributed by atoms with Gasteiger partial charge in [0, 0.05) is 13.0 Å².